The van der Waals surface area contributed by atoms with Crippen molar-refractivity contribution in [3.05, 3.63) is 35.6 Å². The molecule has 1 heterocycles. The van der Waals surface area contributed by atoms with Crippen molar-refractivity contribution in [1.82, 2.24) is 5.32 Å². The summed E-state index contributed by atoms with van der Waals surface area (Å²) in [5.74, 6) is -1.18. The van der Waals surface area contributed by atoms with Crippen LogP contribution in [0.5, 0.6) is 0 Å². The van der Waals surface area contributed by atoms with Crippen molar-refractivity contribution >= 4 is 5.97 Å². The molecule has 1 fully saturated rings. The lowest BCUT2D eigenvalue weighted by Crippen LogP contribution is -2.45. The maximum atomic E-state index is 12.9. The number of rotatable bonds is 4. The zero-order chi connectivity index (χ0) is 13.7. The smallest absolute Gasteiger partial charge is 0.306 e. The minimum absolute atomic E-state index is 0.0582. The zero-order valence-corrected chi connectivity index (χ0v) is 10.7. The van der Waals surface area contributed by atoms with Crippen molar-refractivity contribution in [2.45, 2.75) is 24.9 Å². The first-order chi connectivity index (χ1) is 9.10. The van der Waals surface area contributed by atoms with Gasteiger partial charge in [-0.15, -0.1) is 0 Å². The molecule has 0 aliphatic carbocycles. The molecule has 2 rings (SSSR count). The molecule has 0 aromatic heterocycles. The fraction of sp³-hybridized carbons (Fsp3) is 0.500. The van der Waals surface area contributed by atoms with E-state index >= 15 is 0 Å². The van der Waals surface area contributed by atoms with Gasteiger partial charge in [-0.1, -0.05) is 12.1 Å². The third-order valence-corrected chi connectivity index (χ3v) is 3.27. The molecule has 1 atom stereocenters. The second-order valence-corrected chi connectivity index (χ2v) is 4.94. The molecule has 104 valence electrons. The third-order valence-electron chi connectivity index (χ3n) is 3.27. The summed E-state index contributed by atoms with van der Waals surface area (Å²) in [5, 5.41) is 12.3. The van der Waals surface area contributed by atoms with Crippen LogP contribution in [0.1, 0.15) is 18.4 Å². The van der Waals surface area contributed by atoms with Crippen LogP contribution in [0.4, 0.5) is 4.39 Å². The molecule has 19 heavy (non-hydrogen) atoms. The van der Waals surface area contributed by atoms with E-state index in [1.807, 2.05) is 0 Å². The molecule has 4 nitrogen and oxygen atoms in total. The molecular formula is C14H18FNO3. The first-order valence-electron chi connectivity index (χ1n) is 6.41. The Bertz CT molecular complexity index is 425. The van der Waals surface area contributed by atoms with Gasteiger partial charge in [0.15, 0.2) is 0 Å². The average molecular weight is 267 g/mol. The summed E-state index contributed by atoms with van der Waals surface area (Å²) in [7, 11) is 0. The van der Waals surface area contributed by atoms with Crippen LogP contribution in [0.2, 0.25) is 0 Å². The Kier molecular flexibility index (Phi) is 4.50. The summed E-state index contributed by atoms with van der Waals surface area (Å²) in [4.78, 5) is 11.1. The molecule has 0 saturated carbocycles. The lowest BCUT2D eigenvalue weighted by atomic mass is 9.90. The molecule has 0 spiro atoms. The van der Waals surface area contributed by atoms with E-state index in [2.05, 4.69) is 5.32 Å². The monoisotopic (exact) mass is 267 g/mol. The number of hydrogen-bond donors (Lipinski definition) is 2. The Labute approximate surface area is 111 Å². The Morgan fingerprint density at radius 2 is 2.16 bits per heavy atom. The van der Waals surface area contributed by atoms with Gasteiger partial charge < -0.3 is 15.2 Å². The van der Waals surface area contributed by atoms with Crippen LogP contribution in [0.3, 0.4) is 0 Å². The number of hydrogen-bond acceptors (Lipinski definition) is 3. The number of carboxylic acids is 1. The Morgan fingerprint density at radius 3 is 2.84 bits per heavy atom. The van der Waals surface area contributed by atoms with E-state index in [1.54, 1.807) is 12.1 Å². The minimum Gasteiger partial charge on any atom is -0.481 e. The molecule has 1 aliphatic rings. The van der Waals surface area contributed by atoms with Crippen LogP contribution in [0, 0.1) is 5.82 Å². The first-order valence-corrected chi connectivity index (χ1v) is 6.41. The average Bonchev–Trinajstić information content (AvgIpc) is 2.57. The molecule has 0 amide bonds. The van der Waals surface area contributed by atoms with Crippen LogP contribution in [-0.2, 0) is 16.0 Å². The summed E-state index contributed by atoms with van der Waals surface area (Å²) in [6, 6.07) is 6.11. The lowest BCUT2D eigenvalue weighted by molar-refractivity contribution is -0.145. The summed E-state index contributed by atoms with van der Waals surface area (Å²) < 4.78 is 18.7. The molecule has 5 heteroatoms. The van der Waals surface area contributed by atoms with Gasteiger partial charge in [-0.3, -0.25) is 4.79 Å². The van der Waals surface area contributed by atoms with Gasteiger partial charge in [-0.05, 0) is 30.7 Å². The molecule has 1 aromatic rings. The largest absolute Gasteiger partial charge is 0.481 e. The van der Waals surface area contributed by atoms with E-state index < -0.39 is 11.6 Å². The summed E-state index contributed by atoms with van der Waals surface area (Å²) in [5.41, 5.74) is 0.131. The first kappa shape index (κ1) is 14.0. The van der Waals surface area contributed by atoms with Crippen molar-refractivity contribution in [2.75, 3.05) is 19.7 Å². The number of carbonyl (C=O) groups is 1. The minimum atomic E-state index is -0.884. The Hall–Kier alpha value is -1.46. The maximum Gasteiger partial charge on any atom is 0.306 e. The van der Waals surface area contributed by atoms with E-state index in [1.165, 1.54) is 12.1 Å². The summed E-state index contributed by atoms with van der Waals surface area (Å²) >= 11 is 0. The number of halogens is 1. The summed E-state index contributed by atoms with van der Waals surface area (Å²) in [6.45, 7) is 1.86. The van der Waals surface area contributed by atoms with Crippen molar-refractivity contribution < 1.29 is 19.0 Å². The Balaban J connectivity index is 2.16. The van der Waals surface area contributed by atoms with E-state index in [0.29, 0.717) is 19.6 Å². The van der Waals surface area contributed by atoms with Crippen molar-refractivity contribution in [2.24, 2.45) is 0 Å². The molecule has 0 radical (unpaired) electrons. The van der Waals surface area contributed by atoms with Crippen LogP contribution in [-0.4, -0.2) is 36.4 Å². The van der Waals surface area contributed by atoms with Gasteiger partial charge in [0.25, 0.3) is 0 Å². The van der Waals surface area contributed by atoms with Gasteiger partial charge >= 0.3 is 5.97 Å². The number of nitrogens with one attached hydrogen (secondary N) is 1. The topological polar surface area (TPSA) is 58.6 Å². The standard InChI is InChI=1S/C14H18FNO3/c15-12-4-2-11(3-5-12)8-14(9-13(17)18)10-16-6-1-7-19-14/h2-5,16H,1,6-10H2,(H,17,18). The normalized spacial score (nSPS) is 23.8. The predicted octanol–water partition coefficient (Wildman–Crippen LogP) is 1.59. The predicted molar refractivity (Wildman–Crippen MR) is 68.5 cm³/mol. The molecule has 1 saturated heterocycles. The molecular weight excluding hydrogens is 249 g/mol. The van der Waals surface area contributed by atoms with Gasteiger partial charge in [0.1, 0.15) is 5.82 Å². The maximum absolute atomic E-state index is 12.9. The number of ether oxygens (including phenoxy) is 1. The highest BCUT2D eigenvalue weighted by Crippen LogP contribution is 2.24. The molecule has 0 bridgehead atoms. The van der Waals surface area contributed by atoms with Crippen LogP contribution < -0.4 is 5.32 Å². The van der Waals surface area contributed by atoms with Crippen molar-refractivity contribution in [3.8, 4) is 0 Å². The van der Waals surface area contributed by atoms with Gasteiger partial charge in [0, 0.05) is 19.6 Å². The van der Waals surface area contributed by atoms with Gasteiger partial charge in [-0.25, -0.2) is 4.39 Å². The van der Waals surface area contributed by atoms with Crippen molar-refractivity contribution in [1.29, 1.82) is 0 Å². The molecule has 1 unspecified atom stereocenters. The molecule has 1 aromatic carbocycles. The highest BCUT2D eigenvalue weighted by Gasteiger charge is 2.35. The van der Waals surface area contributed by atoms with Gasteiger partial charge in [0.2, 0.25) is 0 Å². The summed E-state index contributed by atoms with van der Waals surface area (Å²) in [6.07, 6.45) is 1.27. The van der Waals surface area contributed by atoms with E-state index in [9.17, 15) is 9.18 Å². The van der Waals surface area contributed by atoms with E-state index in [4.69, 9.17) is 9.84 Å². The SMILES string of the molecule is O=C(O)CC1(Cc2ccc(F)cc2)CNCCCO1. The third kappa shape index (κ3) is 4.01. The van der Waals surface area contributed by atoms with Crippen molar-refractivity contribution in [3.63, 3.8) is 0 Å². The fourth-order valence-electron chi connectivity index (χ4n) is 2.39. The fourth-order valence-corrected chi connectivity index (χ4v) is 2.39. The second kappa shape index (κ2) is 6.12. The quantitative estimate of drug-likeness (QED) is 0.870. The lowest BCUT2D eigenvalue weighted by Gasteiger charge is -2.31. The Morgan fingerprint density at radius 1 is 1.42 bits per heavy atom. The number of carboxylic acid groups (broad SMARTS) is 1. The van der Waals surface area contributed by atoms with Crippen LogP contribution in [0.25, 0.3) is 0 Å². The highest BCUT2D eigenvalue weighted by molar-refractivity contribution is 5.68. The number of benzene rings is 1. The highest BCUT2D eigenvalue weighted by atomic mass is 19.1. The second-order valence-electron chi connectivity index (χ2n) is 4.94. The molecule has 1 aliphatic heterocycles. The van der Waals surface area contributed by atoms with Gasteiger partial charge in [-0.2, -0.15) is 0 Å². The van der Waals surface area contributed by atoms with Crippen LogP contribution >= 0.6 is 0 Å². The van der Waals surface area contributed by atoms with E-state index in [0.717, 1.165) is 18.5 Å². The van der Waals surface area contributed by atoms with Gasteiger partial charge in [0.05, 0.1) is 12.0 Å². The van der Waals surface area contributed by atoms with Crippen LogP contribution in [0.15, 0.2) is 24.3 Å². The molecule has 2 N–H and O–H groups in total. The number of aliphatic carboxylic acids is 1. The zero-order valence-electron chi connectivity index (χ0n) is 10.7. The van der Waals surface area contributed by atoms with E-state index in [-0.39, 0.29) is 12.2 Å².